The van der Waals surface area contributed by atoms with Crippen molar-refractivity contribution in [3.05, 3.63) is 24.4 Å². The number of rotatable bonds is 2. The molecule has 0 saturated heterocycles. The average molecular weight is 246 g/mol. The number of nitrogens with one attached hydrogen (secondary N) is 1. The molecule has 1 aromatic carbocycles. The van der Waals surface area contributed by atoms with Crippen LogP contribution in [0.15, 0.2) is 24.4 Å². The van der Waals surface area contributed by atoms with Crippen molar-refractivity contribution in [2.75, 3.05) is 20.3 Å². The number of aromatic amines is 1. The lowest BCUT2D eigenvalue weighted by molar-refractivity contribution is 0.297. The van der Waals surface area contributed by atoms with Crippen LogP contribution in [-0.4, -0.2) is 30.3 Å². The van der Waals surface area contributed by atoms with Crippen molar-refractivity contribution < 1.29 is 14.2 Å². The SMILES string of the molecule is COc1ncc(-c2ccc3c(c2)OCCCO3)[nH]1. The Morgan fingerprint density at radius 2 is 2.06 bits per heavy atom. The third-order valence-corrected chi connectivity index (χ3v) is 2.80. The number of aromatic nitrogens is 2. The highest BCUT2D eigenvalue weighted by atomic mass is 16.5. The lowest BCUT2D eigenvalue weighted by Crippen LogP contribution is -1.97. The van der Waals surface area contributed by atoms with E-state index in [1.807, 2.05) is 18.2 Å². The number of fused-ring (bicyclic) bond motifs is 1. The summed E-state index contributed by atoms with van der Waals surface area (Å²) in [5.74, 6) is 1.57. The second kappa shape index (κ2) is 4.60. The van der Waals surface area contributed by atoms with Gasteiger partial charge in [0.1, 0.15) is 0 Å². The van der Waals surface area contributed by atoms with E-state index in [0.29, 0.717) is 19.2 Å². The smallest absolute Gasteiger partial charge is 0.293 e. The summed E-state index contributed by atoms with van der Waals surface area (Å²) in [6, 6.07) is 6.34. The molecule has 0 aliphatic carbocycles. The second-order valence-corrected chi connectivity index (χ2v) is 4.02. The highest BCUT2D eigenvalue weighted by Crippen LogP contribution is 2.33. The number of hydrogen-bond acceptors (Lipinski definition) is 4. The van der Waals surface area contributed by atoms with Crippen molar-refractivity contribution in [1.82, 2.24) is 9.97 Å². The second-order valence-electron chi connectivity index (χ2n) is 4.02. The van der Waals surface area contributed by atoms with Gasteiger partial charge in [0.15, 0.2) is 11.5 Å². The third kappa shape index (κ3) is 1.99. The molecule has 0 atom stereocenters. The molecular formula is C13H14N2O3. The predicted molar refractivity (Wildman–Crippen MR) is 66.2 cm³/mol. The Bertz CT molecular complexity index is 551. The molecule has 0 unspecified atom stereocenters. The van der Waals surface area contributed by atoms with Gasteiger partial charge in [0.25, 0.3) is 6.01 Å². The number of hydrogen-bond donors (Lipinski definition) is 1. The van der Waals surface area contributed by atoms with E-state index in [2.05, 4.69) is 9.97 Å². The molecule has 3 rings (SSSR count). The first kappa shape index (κ1) is 11.0. The Balaban J connectivity index is 1.95. The van der Waals surface area contributed by atoms with Crippen molar-refractivity contribution in [3.8, 4) is 28.8 Å². The van der Waals surface area contributed by atoms with Crippen LogP contribution >= 0.6 is 0 Å². The fourth-order valence-electron chi connectivity index (χ4n) is 1.88. The van der Waals surface area contributed by atoms with Crippen molar-refractivity contribution in [3.63, 3.8) is 0 Å². The molecule has 0 bridgehead atoms. The number of imidazole rings is 1. The molecule has 0 amide bonds. The minimum Gasteiger partial charge on any atom is -0.490 e. The summed E-state index contributed by atoms with van der Waals surface area (Å²) >= 11 is 0. The Morgan fingerprint density at radius 3 is 2.83 bits per heavy atom. The van der Waals surface area contributed by atoms with Gasteiger partial charge in [-0.15, -0.1) is 0 Å². The van der Waals surface area contributed by atoms with E-state index >= 15 is 0 Å². The maximum atomic E-state index is 5.65. The standard InChI is InChI=1S/C13H14N2O3/c1-16-13-14-8-10(15-13)9-3-4-11-12(7-9)18-6-2-5-17-11/h3-4,7-8H,2,5-6H2,1H3,(H,14,15). The molecular weight excluding hydrogens is 232 g/mol. The Hall–Kier alpha value is -2.17. The van der Waals surface area contributed by atoms with Gasteiger partial charge >= 0.3 is 0 Å². The minimum absolute atomic E-state index is 0.497. The molecule has 1 aliphatic heterocycles. The van der Waals surface area contributed by atoms with Crippen LogP contribution in [0.25, 0.3) is 11.3 Å². The van der Waals surface area contributed by atoms with Crippen LogP contribution in [0.2, 0.25) is 0 Å². The van der Waals surface area contributed by atoms with Crippen LogP contribution in [0.4, 0.5) is 0 Å². The molecule has 0 saturated carbocycles. The van der Waals surface area contributed by atoms with Gasteiger partial charge in [-0.05, 0) is 18.2 Å². The summed E-state index contributed by atoms with van der Waals surface area (Å²) in [7, 11) is 1.58. The molecule has 5 heteroatoms. The van der Waals surface area contributed by atoms with Crippen LogP contribution < -0.4 is 14.2 Å². The van der Waals surface area contributed by atoms with E-state index in [1.165, 1.54) is 0 Å². The van der Waals surface area contributed by atoms with Gasteiger partial charge in [-0.2, -0.15) is 0 Å². The molecule has 1 aliphatic rings. The molecule has 94 valence electrons. The van der Waals surface area contributed by atoms with E-state index in [1.54, 1.807) is 13.3 Å². The maximum absolute atomic E-state index is 5.65. The molecule has 2 aromatic rings. The first-order valence-corrected chi connectivity index (χ1v) is 5.86. The molecule has 0 radical (unpaired) electrons. The van der Waals surface area contributed by atoms with Gasteiger partial charge in [-0.3, -0.25) is 0 Å². The topological polar surface area (TPSA) is 56.4 Å². The van der Waals surface area contributed by atoms with Gasteiger partial charge in [-0.1, -0.05) is 0 Å². The van der Waals surface area contributed by atoms with Crippen molar-refractivity contribution in [2.24, 2.45) is 0 Å². The highest BCUT2D eigenvalue weighted by molar-refractivity contribution is 5.64. The number of ether oxygens (including phenoxy) is 3. The van der Waals surface area contributed by atoms with Gasteiger partial charge in [0, 0.05) is 12.0 Å². The molecule has 0 fully saturated rings. The van der Waals surface area contributed by atoms with Crippen molar-refractivity contribution in [1.29, 1.82) is 0 Å². The molecule has 0 spiro atoms. The van der Waals surface area contributed by atoms with Gasteiger partial charge in [0.2, 0.25) is 0 Å². The van der Waals surface area contributed by atoms with Crippen molar-refractivity contribution >= 4 is 0 Å². The van der Waals surface area contributed by atoms with E-state index in [0.717, 1.165) is 29.2 Å². The summed E-state index contributed by atoms with van der Waals surface area (Å²) < 4.78 is 16.3. The molecule has 1 aromatic heterocycles. The van der Waals surface area contributed by atoms with Crippen LogP contribution in [0, 0.1) is 0 Å². The van der Waals surface area contributed by atoms with E-state index in [4.69, 9.17) is 14.2 Å². The fourth-order valence-corrected chi connectivity index (χ4v) is 1.88. The summed E-state index contributed by atoms with van der Waals surface area (Å²) in [6.45, 7) is 1.38. The lowest BCUT2D eigenvalue weighted by atomic mass is 10.1. The Morgan fingerprint density at radius 1 is 1.22 bits per heavy atom. The first-order chi connectivity index (χ1) is 8.86. The number of nitrogens with zero attached hydrogens (tertiary/aromatic N) is 1. The number of methoxy groups -OCH3 is 1. The van der Waals surface area contributed by atoms with Crippen LogP contribution in [0.1, 0.15) is 6.42 Å². The van der Waals surface area contributed by atoms with Crippen LogP contribution in [0.3, 0.4) is 0 Å². The minimum atomic E-state index is 0.497. The molecule has 2 heterocycles. The number of benzene rings is 1. The predicted octanol–water partition coefficient (Wildman–Crippen LogP) is 2.25. The van der Waals surface area contributed by atoms with E-state index < -0.39 is 0 Å². The Labute approximate surface area is 105 Å². The third-order valence-electron chi connectivity index (χ3n) is 2.80. The zero-order chi connectivity index (χ0) is 12.4. The van der Waals surface area contributed by atoms with Crippen LogP contribution in [-0.2, 0) is 0 Å². The largest absolute Gasteiger partial charge is 0.490 e. The summed E-state index contributed by atoms with van der Waals surface area (Å²) in [6.07, 6.45) is 2.64. The monoisotopic (exact) mass is 246 g/mol. The fraction of sp³-hybridized carbons (Fsp3) is 0.308. The lowest BCUT2D eigenvalue weighted by Gasteiger charge is -2.08. The summed E-state index contributed by atoms with van der Waals surface area (Å²) in [4.78, 5) is 7.16. The molecule has 5 nitrogen and oxygen atoms in total. The zero-order valence-electron chi connectivity index (χ0n) is 10.1. The Kier molecular flexibility index (Phi) is 2.80. The van der Waals surface area contributed by atoms with E-state index in [-0.39, 0.29) is 0 Å². The normalized spacial score (nSPS) is 14.1. The first-order valence-electron chi connectivity index (χ1n) is 5.86. The zero-order valence-corrected chi connectivity index (χ0v) is 10.1. The summed E-state index contributed by atoms with van der Waals surface area (Å²) in [5.41, 5.74) is 1.89. The average Bonchev–Trinajstić information content (AvgIpc) is 2.76. The maximum Gasteiger partial charge on any atom is 0.293 e. The van der Waals surface area contributed by atoms with Gasteiger partial charge in [-0.25, -0.2) is 4.98 Å². The molecule has 1 N–H and O–H groups in total. The summed E-state index contributed by atoms with van der Waals surface area (Å²) in [5, 5.41) is 0. The van der Waals surface area contributed by atoms with Gasteiger partial charge in [0.05, 0.1) is 32.2 Å². The quantitative estimate of drug-likeness (QED) is 0.883. The van der Waals surface area contributed by atoms with Gasteiger partial charge < -0.3 is 19.2 Å². The molecule has 18 heavy (non-hydrogen) atoms. The van der Waals surface area contributed by atoms with Crippen LogP contribution in [0.5, 0.6) is 17.5 Å². The van der Waals surface area contributed by atoms with Crippen molar-refractivity contribution in [2.45, 2.75) is 6.42 Å². The number of H-pyrrole nitrogens is 1. The highest BCUT2D eigenvalue weighted by Gasteiger charge is 2.12. The van der Waals surface area contributed by atoms with E-state index in [9.17, 15) is 0 Å².